The topological polar surface area (TPSA) is 101 Å². The van der Waals surface area contributed by atoms with Crippen LogP contribution in [0.25, 0.3) is 0 Å². The summed E-state index contributed by atoms with van der Waals surface area (Å²) in [4.78, 5) is 27.2. The number of halogens is 1. The van der Waals surface area contributed by atoms with Gasteiger partial charge < -0.3 is 4.90 Å². The fourth-order valence-electron chi connectivity index (χ4n) is 4.34. The van der Waals surface area contributed by atoms with Gasteiger partial charge in [0.1, 0.15) is 0 Å². The molecule has 1 aliphatic carbocycles. The van der Waals surface area contributed by atoms with Gasteiger partial charge in [-0.25, -0.2) is 8.42 Å². The van der Waals surface area contributed by atoms with E-state index in [1.807, 2.05) is 4.90 Å². The largest absolute Gasteiger partial charge is 0.335 e. The summed E-state index contributed by atoms with van der Waals surface area (Å²) in [5.41, 5.74) is 0.528. The lowest BCUT2D eigenvalue weighted by atomic mass is 10.1. The third-order valence-corrected chi connectivity index (χ3v) is 7.81. The number of hydrogen-bond acceptors (Lipinski definition) is 6. The van der Waals surface area contributed by atoms with E-state index in [4.69, 9.17) is 11.6 Å². The summed E-state index contributed by atoms with van der Waals surface area (Å²) >= 11 is 6.17. The molecule has 1 unspecified atom stereocenters. The maximum atomic E-state index is 13.1. The predicted molar refractivity (Wildman–Crippen MR) is 111 cm³/mol. The van der Waals surface area contributed by atoms with Crippen LogP contribution >= 0.6 is 11.6 Å². The highest BCUT2D eigenvalue weighted by molar-refractivity contribution is 7.91. The minimum atomic E-state index is -3.09. The number of nitro benzene ring substituents is 1. The third kappa shape index (κ3) is 5.46. The van der Waals surface area contributed by atoms with Crippen molar-refractivity contribution in [3.63, 3.8) is 0 Å². The van der Waals surface area contributed by atoms with Crippen molar-refractivity contribution in [3.8, 4) is 0 Å². The van der Waals surface area contributed by atoms with Crippen molar-refractivity contribution in [2.24, 2.45) is 0 Å². The van der Waals surface area contributed by atoms with Crippen molar-refractivity contribution in [3.05, 3.63) is 38.9 Å². The molecule has 1 heterocycles. The lowest BCUT2D eigenvalue weighted by Gasteiger charge is -2.35. The number of sulfone groups is 1. The number of likely N-dealkylation sites (N-methyl/N-ethyl adjacent to an activating group) is 1. The summed E-state index contributed by atoms with van der Waals surface area (Å²) in [5, 5.41) is 11.4. The molecule has 1 saturated carbocycles. The third-order valence-electron chi connectivity index (χ3n) is 5.69. The van der Waals surface area contributed by atoms with Gasteiger partial charge >= 0.3 is 0 Å². The van der Waals surface area contributed by atoms with E-state index in [9.17, 15) is 23.3 Å². The van der Waals surface area contributed by atoms with Crippen LogP contribution < -0.4 is 0 Å². The van der Waals surface area contributed by atoms with Gasteiger partial charge in [0.15, 0.2) is 9.84 Å². The zero-order valence-corrected chi connectivity index (χ0v) is 18.0. The molecule has 1 aromatic rings. The molecule has 1 aliphatic heterocycles. The molecule has 8 nitrogen and oxygen atoms in total. The van der Waals surface area contributed by atoms with Crippen molar-refractivity contribution in [1.82, 2.24) is 9.80 Å². The van der Waals surface area contributed by atoms with Crippen LogP contribution in [0.1, 0.15) is 37.7 Å². The van der Waals surface area contributed by atoms with Gasteiger partial charge in [-0.2, -0.15) is 0 Å². The first-order chi connectivity index (χ1) is 13.7. The smallest absolute Gasteiger partial charge is 0.269 e. The maximum absolute atomic E-state index is 13.1. The van der Waals surface area contributed by atoms with E-state index >= 15 is 0 Å². The van der Waals surface area contributed by atoms with Crippen molar-refractivity contribution in [2.45, 2.75) is 50.7 Å². The van der Waals surface area contributed by atoms with Crippen molar-refractivity contribution < 1.29 is 18.1 Å². The molecule has 0 radical (unpaired) electrons. The highest BCUT2D eigenvalue weighted by atomic mass is 35.5. The summed E-state index contributed by atoms with van der Waals surface area (Å²) < 4.78 is 23.9. The van der Waals surface area contributed by atoms with E-state index in [1.54, 1.807) is 11.9 Å². The fourth-order valence-corrected chi connectivity index (χ4v) is 6.23. The van der Waals surface area contributed by atoms with E-state index < -0.39 is 14.8 Å². The Balaban J connectivity index is 1.70. The minimum Gasteiger partial charge on any atom is -0.335 e. The van der Waals surface area contributed by atoms with Gasteiger partial charge in [0, 0.05) is 35.8 Å². The first-order valence-corrected chi connectivity index (χ1v) is 12.0. The molecule has 0 spiro atoms. The first kappa shape index (κ1) is 22.0. The molecule has 0 bridgehead atoms. The van der Waals surface area contributed by atoms with Gasteiger partial charge in [0.2, 0.25) is 5.91 Å². The van der Waals surface area contributed by atoms with Gasteiger partial charge in [-0.1, -0.05) is 24.4 Å². The molecule has 160 valence electrons. The maximum Gasteiger partial charge on any atom is 0.269 e. The Bertz CT molecular complexity index is 886. The van der Waals surface area contributed by atoms with Crippen molar-refractivity contribution in [2.75, 3.05) is 25.1 Å². The summed E-state index contributed by atoms with van der Waals surface area (Å²) in [6.07, 6.45) is 4.40. The average Bonchev–Trinajstić information content (AvgIpc) is 3.27. The summed E-state index contributed by atoms with van der Waals surface area (Å²) in [6, 6.07) is 4.08. The average molecular weight is 444 g/mol. The van der Waals surface area contributed by atoms with Gasteiger partial charge in [-0.05, 0) is 37.9 Å². The Hall–Kier alpha value is -1.71. The lowest BCUT2D eigenvalue weighted by Crippen LogP contribution is -2.50. The van der Waals surface area contributed by atoms with Gasteiger partial charge in [0.25, 0.3) is 5.69 Å². The van der Waals surface area contributed by atoms with E-state index in [1.165, 1.54) is 18.2 Å². The van der Waals surface area contributed by atoms with Crippen LogP contribution in [0.15, 0.2) is 18.2 Å². The Morgan fingerprint density at radius 1 is 1.24 bits per heavy atom. The molecule has 1 saturated heterocycles. The van der Waals surface area contributed by atoms with Crippen LogP contribution in [0.2, 0.25) is 5.02 Å². The summed E-state index contributed by atoms with van der Waals surface area (Å²) in [7, 11) is -1.33. The van der Waals surface area contributed by atoms with Crippen LogP contribution in [0, 0.1) is 10.1 Å². The van der Waals surface area contributed by atoms with Crippen LogP contribution in [0.5, 0.6) is 0 Å². The van der Waals surface area contributed by atoms with Crippen LogP contribution in [0.3, 0.4) is 0 Å². The molecule has 2 fully saturated rings. The number of carbonyl (C=O) groups is 1. The van der Waals surface area contributed by atoms with Crippen molar-refractivity contribution in [1.29, 1.82) is 0 Å². The SMILES string of the molecule is CN(CC(=O)N(C1CCCC1)C1CCS(=O)(=O)C1)Cc1cc([N+](=O)[O-])ccc1Cl. The molecule has 2 aliphatic rings. The number of benzene rings is 1. The number of nitrogens with zero attached hydrogens (tertiary/aromatic N) is 3. The molecule has 10 heteroatoms. The number of rotatable bonds is 7. The number of carbonyl (C=O) groups excluding carboxylic acids is 1. The Kier molecular flexibility index (Phi) is 6.80. The predicted octanol–water partition coefficient (Wildman–Crippen LogP) is 2.64. The van der Waals surface area contributed by atoms with Crippen LogP contribution in [-0.4, -0.2) is 66.2 Å². The quantitative estimate of drug-likeness (QED) is 0.474. The van der Waals surface area contributed by atoms with E-state index in [2.05, 4.69) is 0 Å². The van der Waals surface area contributed by atoms with E-state index in [0.29, 0.717) is 17.0 Å². The van der Waals surface area contributed by atoms with Crippen LogP contribution in [-0.2, 0) is 21.2 Å². The monoisotopic (exact) mass is 443 g/mol. The van der Waals surface area contributed by atoms with Gasteiger partial charge in [-0.3, -0.25) is 19.8 Å². The van der Waals surface area contributed by atoms with Crippen molar-refractivity contribution >= 4 is 33.0 Å². The highest BCUT2D eigenvalue weighted by Crippen LogP contribution is 2.29. The Labute approximate surface area is 175 Å². The zero-order valence-electron chi connectivity index (χ0n) is 16.4. The van der Waals surface area contributed by atoms with E-state index in [0.717, 1.165) is 25.7 Å². The minimum absolute atomic E-state index is 0.0374. The lowest BCUT2D eigenvalue weighted by molar-refractivity contribution is -0.384. The number of hydrogen-bond donors (Lipinski definition) is 0. The molecular formula is C19H26ClN3O5S. The molecular weight excluding hydrogens is 418 g/mol. The molecule has 1 aromatic carbocycles. The zero-order chi connectivity index (χ0) is 21.2. The summed E-state index contributed by atoms with van der Waals surface area (Å²) in [5.74, 6) is 0.0752. The second-order valence-electron chi connectivity index (χ2n) is 8.00. The molecule has 0 aromatic heterocycles. The fraction of sp³-hybridized carbons (Fsp3) is 0.632. The van der Waals surface area contributed by atoms with Crippen LogP contribution in [0.4, 0.5) is 5.69 Å². The highest BCUT2D eigenvalue weighted by Gasteiger charge is 2.39. The molecule has 3 rings (SSSR count). The molecule has 0 N–H and O–H groups in total. The molecule has 1 amide bonds. The summed E-state index contributed by atoms with van der Waals surface area (Å²) in [6.45, 7) is 0.389. The Morgan fingerprint density at radius 2 is 1.93 bits per heavy atom. The normalized spacial score (nSPS) is 21.6. The number of nitro groups is 1. The standard InChI is InChI=1S/C19H26ClN3O5S/c1-21(11-14-10-16(23(25)26)6-7-18(14)20)12-19(24)22(15-4-2-3-5-15)17-8-9-29(27,28)13-17/h6-7,10,15,17H,2-5,8-9,11-13H2,1H3. The number of non-ortho nitro benzene ring substituents is 1. The first-order valence-electron chi connectivity index (χ1n) is 9.79. The van der Waals surface area contributed by atoms with E-state index in [-0.39, 0.29) is 48.3 Å². The second kappa shape index (κ2) is 8.97. The van der Waals surface area contributed by atoms with Gasteiger partial charge in [-0.15, -0.1) is 0 Å². The molecule has 29 heavy (non-hydrogen) atoms. The van der Waals surface area contributed by atoms with Gasteiger partial charge in [0.05, 0.1) is 23.0 Å². The Morgan fingerprint density at radius 3 is 2.52 bits per heavy atom. The number of amides is 1. The second-order valence-corrected chi connectivity index (χ2v) is 10.6. The molecule has 1 atom stereocenters.